The Labute approximate surface area is 156 Å². The number of non-ortho nitro benzene ring substituents is 1. The summed E-state index contributed by atoms with van der Waals surface area (Å²) in [7, 11) is 0. The molecule has 0 bridgehead atoms. The number of nitrogens with one attached hydrogen (secondary N) is 1. The van der Waals surface area contributed by atoms with E-state index in [2.05, 4.69) is 5.32 Å². The van der Waals surface area contributed by atoms with Crippen molar-refractivity contribution in [2.45, 2.75) is 25.7 Å². The van der Waals surface area contributed by atoms with E-state index in [1.165, 1.54) is 12.1 Å². The zero-order chi connectivity index (χ0) is 19.0. The molecule has 1 N–H and O–H groups in total. The standard InChI is InChI=1S/C20H19N3O4/c24-19(11-13-1-7-17(8-2-13)23(26)27)21-16-6-5-14-9-10-22(18(14)12-16)20(25)15-3-4-15/h1-2,5-8,12,15H,3-4,9-11H2,(H,21,24). The van der Waals surface area contributed by atoms with Gasteiger partial charge in [-0.05, 0) is 42.5 Å². The van der Waals surface area contributed by atoms with Gasteiger partial charge < -0.3 is 10.2 Å². The minimum absolute atomic E-state index is 0.00167. The number of rotatable bonds is 5. The Hall–Kier alpha value is -3.22. The minimum Gasteiger partial charge on any atom is -0.326 e. The number of benzene rings is 2. The van der Waals surface area contributed by atoms with Crippen LogP contribution in [-0.2, 0) is 22.4 Å². The van der Waals surface area contributed by atoms with Gasteiger partial charge in [0, 0.05) is 36.0 Å². The van der Waals surface area contributed by atoms with Crippen LogP contribution >= 0.6 is 0 Å². The second-order valence-electron chi connectivity index (χ2n) is 7.01. The molecule has 2 aromatic carbocycles. The van der Waals surface area contributed by atoms with Gasteiger partial charge in [0.2, 0.25) is 11.8 Å². The van der Waals surface area contributed by atoms with Crippen LogP contribution in [0, 0.1) is 16.0 Å². The molecule has 2 amide bonds. The number of carbonyl (C=O) groups excluding carboxylic acids is 2. The molecule has 27 heavy (non-hydrogen) atoms. The predicted octanol–water partition coefficient (Wildman–Crippen LogP) is 3.08. The number of hydrogen-bond acceptors (Lipinski definition) is 4. The molecular formula is C20H19N3O4. The van der Waals surface area contributed by atoms with Crippen molar-refractivity contribution in [3.05, 3.63) is 63.7 Å². The fourth-order valence-electron chi connectivity index (χ4n) is 3.36. The first-order chi connectivity index (χ1) is 13.0. The summed E-state index contributed by atoms with van der Waals surface area (Å²) in [5.41, 5.74) is 3.36. The van der Waals surface area contributed by atoms with Crippen LogP contribution in [0.25, 0.3) is 0 Å². The summed E-state index contributed by atoms with van der Waals surface area (Å²) >= 11 is 0. The topological polar surface area (TPSA) is 92.5 Å². The number of nitrogens with zero attached hydrogens (tertiary/aromatic N) is 2. The predicted molar refractivity (Wildman–Crippen MR) is 101 cm³/mol. The lowest BCUT2D eigenvalue weighted by Crippen LogP contribution is -2.30. The minimum atomic E-state index is -0.469. The van der Waals surface area contributed by atoms with E-state index in [0.717, 1.165) is 30.5 Å². The highest BCUT2D eigenvalue weighted by molar-refractivity contribution is 6.00. The highest BCUT2D eigenvalue weighted by Crippen LogP contribution is 2.37. The summed E-state index contributed by atoms with van der Waals surface area (Å²) in [6.07, 6.45) is 2.90. The number of carbonyl (C=O) groups is 2. The molecule has 4 rings (SSSR count). The van der Waals surface area contributed by atoms with Crippen molar-refractivity contribution in [2.24, 2.45) is 5.92 Å². The lowest BCUT2D eigenvalue weighted by Gasteiger charge is -2.18. The van der Waals surface area contributed by atoms with E-state index in [0.29, 0.717) is 17.8 Å². The Kier molecular flexibility index (Phi) is 4.35. The van der Waals surface area contributed by atoms with Crippen molar-refractivity contribution in [3.63, 3.8) is 0 Å². The van der Waals surface area contributed by atoms with Gasteiger partial charge in [0.15, 0.2) is 0 Å². The van der Waals surface area contributed by atoms with Gasteiger partial charge in [-0.1, -0.05) is 18.2 Å². The fraction of sp³-hybridized carbons (Fsp3) is 0.300. The van der Waals surface area contributed by atoms with Gasteiger partial charge in [-0.15, -0.1) is 0 Å². The molecule has 1 fully saturated rings. The molecule has 2 aromatic rings. The van der Waals surface area contributed by atoms with Crippen molar-refractivity contribution in [2.75, 3.05) is 16.8 Å². The Bertz CT molecular complexity index is 919. The SMILES string of the molecule is O=C(Cc1ccc([N+](=O)[O-])cc1)Nc1ccc2c(c1)N(C(=O)C1CC1)CC2. The molecular weight excluding hydrogens is 346 g/mol. The van der Waals surface area contributed by atoms with E-state index in [1.807, 2.05) is 23.1 Å². The molecule has 7 heteroatoms. The van der Waals surface area contributed by atoms with Crippen molar-refractivity contribution in [1.82, 2.24) is 0 Å². The Morgan fingerprint density at radius 1 is 1.15 bits per heavy atom. The second-order valence-corrected chi connectivity index (χ2v) is 7.01. The van der Waals surface area contributed by atoms with Crippen molar-refractivity contribution >= 4 is 28.9 Å². The highest BCUT2D eigenvalue weighted by atomic mass is 16.6. The molecule has 0 unspecified atom stereocenters. The molecule has 138 valence electrons. The maximum Gasteiger partial charge on any atom is 0.269 e. The Balaban J connectivity index is 1.43. The number of nitro groups is 1. The molecule has 1 saturated carbocycles. The van der Waals surface area contributed by atoms with E-state index in [-0.39, 0.29) is 29.8 Å². The lowest BCUT2D eigenvalue weighted by molar-refractivity contribution is -0.384. The van der Waals surface area contributed by atoms with Crippen LogP contribution in [0.2, 0.25) is 0 Å². The molecule has 0 saturated heterocycles. The number of hydrogen-bond donors (Lipinski definition) is 1. The quantitative estimate of drug-likeness (QED) is 0.651. The van der Waals surface area contributed by atoms with E-state index in [4.69, 9.17) is 0 Å². The van der Waals surface area contributed by atoms with Crippen LogP contribution in [-0.4, -0.2) is 23.3 Å². The normalized spacial score (nSPS) is 15.3. The third kappa shape index (κ3) is 3.67. The zero-order valence-electron chi connectivity index (χ0n) is 14.7. The first-order valence-electron chi connectivity index (χ1n) is 8.99. The van der Waals surface area contributed by atoms with Gasteiger partial charge in [-0.3, -0.25) is 19.7 Å². The molecule has 7 nitrogen and oxygen atoms in total. The number of nitro benzene ring substituents is 1. The number of fused-ring (bicyclic) bond motifs is 1. The molecule has 0 aromatic heterocycles. The van der Waals surface area contributed by atoms with Gasteiger partial charge >= 0.3 is 0 Å². The third-order valence-corrected chi connectivity index (χ3v) is 4.97. The molecule has 2 aliphatic rings. The summed E-state index contributed by atoms with van der Waals surface area (Å²) in [6, 6.07) is 11.6. The summed E-state index contributed by atoms with van der Waals surface area (Å²) in [5, 5.41) is 13.5. The van der Waals surface area contributed by atoms with Crippen molar-refractivity contribution in [1.29, 1.82) is 0 Å². The Morgan fingerprint density at radius 2 is 1.89 bits per heavy atom. The first kappa shape index (κ1) is 17.2. The number of amides is 2. The molecule has 0 atom stereocenters. The molecule has 0 spiro atoms. The molecule has 1 aliphatic heterocycles. The lowest BCUT2D eigenvalue weighted by atomic mass is 10.1. The maximum atomic E-state index is 12.4. The summed E-state index contributed by atoms with van der Waals surface area (Å²) < 4.78 is 0. The maximum absolute atomic E-state index is 12.4. The van der Waals surface area contributed by atoms with E-state index in [9.17, 15) is 19.7 Å². The molecule has 0 radical (unpaired) electrons. The van der Waals surface area contributed by atoms with E-state index >= 15 is 0 Å². The monoisotopic (exact) mass is 365 g/mol. The van der Waals surface area contributed by atoms with Crippen LogP contribution in [0.3, 0.4) is 0 Å². The van der Waals surface area contributed by atoms with E-state index < -0.39 is 4.92 Å². The fourth-order valence-corrected chi connectivity index (χ4v) is 3.36. The smallest absolute Gasteiger partial charge is 0.269 e. The van der Waals surface area contributed by atoms with Gasteiger partial charge in [0.25, 0.3) is 5.69 Å². The number of anilines is 2. The average molecular weight is 365 g/mol. The Morgan fingerprint density at radius 3 is 2.56 bits per heavy atom. The summed E-state index contributed by atoms with van der Waals surface area (Å²) in [6.45, 7) is 0.699. The summed E-state index contributed by atoms with van der Waals surface area (Å²) in [4.78, 5) is 36.8. The van der Waals surface area contributed by atoms with Crippen LogP contribution in [0.15, 0.2) is 42.5 Å². The summed E-state index contributed by atoms with van der Waals surface area (Å²) in [5.74, 6) is 0.140. The van der Waals surface area contributed by atoms with E-state index in [1.54, 1.807) is 12.1 Å². The highest BCUT2D eigenvalue weighted by Gasteiger charge is 2.36. The van der Waals surface area contributed by atoms with Gasteiger partial charge in [-0.2, -0.15) is 0 Å². The third-order valence-electron chi connectivity index (χ3n) is 4.97. The molecule has 1 heterocycles. The van der Waals surface area contributed by atoms with Crippen LogP contribution in [0.5, 0.6) is 0 Å². The second kappa shape index (κ2) is 6.83. The largest absolute Gasteiger partial charge is 0.326 e. The molecule has 1 aliphatic carbocycles. The van der Waals surface area contributed by atoms with Gasteiger partial charge in [0.1, 0.15) is 0 Å². The van der Waals surface area contributed by atoms with Crippen LogP contribution in [0.1, 0.15) is 24.0 Å². The van der Waals surface area contributed by atoms with Crippen LogP contribution in [0.4, 0.5) is 17.1 Å². The van der Waals surface area contributed by atoms with Crippen molar-refractivity contribution in [3.8, 4) is 0 Å². The van der Waals surface area contributed by atoms with Gasteiger partial charge in [-0.25, -0.2) is 0 Å². The van der Waals surface area contributed by atoms with Crippen LogP contribution < -0.4 is 10.2 Å². The van der Waals surface area contributed by atoms with Crippen molar-refractivity contribution < 1.29 is 14.5 Å². The first-order valence-corrected chi connectivity index (χ1v) is 8.99. The zero-order valence-corrected chi connectivity index (χ0v) is 14.7. The average Bonchev–Trinajstić information content (AvgIpc) is 3.41. The van der Waals surface area contributed by atoms with Gasteiger partial charge in [0.05, 0.1) is 11.3 Å².